The summed E-state index contributed by atoms with van der Waals surface area (Å²) in [4.78, 5) is 16.1. The second kappa shape index (κ2) is 45.9. The number of hydrogen-bond donors (Lipinski definition) is 2. The van der Waals surface area contributed by atoms with Crippen molar-refractivity contribution < 1.29 is 24.2 Å². The molecular formula is C39H59I6N6O2V2-2. The molecule has 0 atom stereocenters. The number of nitrogen functional groups attached to an aromatic ring is 1. The van der Waals surface area contributed by atoms with Gasteiger partial charge in [0.2, 0.25) is 0 Å². The molecule has 0 amide bonds. The van der Waals surface area contributed by atoms with E-state index in [1.165, 1.54) is 4.43 Å². The minimum atomic E-state index is -0.278. The fourth-order valence-electron chi connectivity index (χ4n) is 3.35. The van der Waals surface area contributed by atoms with Gasteiger partial charge in [-0.15, -0.1) is 0 Å². The van der Waals surface area contributed by atoms with E-state index in [1.807, 2.05) is 108 Å². The van der Waals surface area contributed by atoms with Gasteiger partial charge in [0, 0.05) is 60.1 Å². The van der Waals surface area contributed by atoms with E-state index < -0.39 is 0 Å². The van der Waals surface area contributed by atoms with Crippen molar-refractivity contribution in [3.8, 4) is 0 Å². The molecule has 0 fully saturated rings. The number of nitrogens with two attached hydrogens (primary N) is 1. The van der Waals surface area contributed by atoms with Crippen LogP contribution in [0.3, 0.4) is 0 Å². The topological polar surface area (TPSA) is 125 Å². The molecule has 0 aromatic carbocycles. The second-order valence-electron chi connectivity index (χ2n) is 10.1. The van der Waals surface area contributed by atoms with Crippen LogP contribution < -0.4 is 10.5 Å². The summed E-state index contributed by atoms with van der Waals surface area (Å²) in [6.07, 6.45) is 0. The van der Waals surface area contributed by atoms with E-state index in [2.05, 4.69) is 149 Å². The van der Waals surface area contributed by atoms with E-state index in [-0.39, 0.29) is 33.8 Å². The van der Waals surface area contributed by atoms with E-state index in [0.29, 0.717) is 15.3 Å². The summed E-state index contributed by atoms with van der Waals surface area (Å²) in [5.41, 5.74) is 13.8. The molecule has 0 saturated carbocycles. The summed E-state index contributed by atoms with van der Waals surface area (Å²) in [7, 11) is 0.628. The maximum absolute atomic E-state index is 10.9. The first-order chi connectivity index (χ1) is 24.5. The molecule has 0 bridgehead atoms. The van der Waals surface area contributed by atoms with Gasteiger partial charge in [0.15, 0.2) is 11.4 Å². The van der Waals surface area contributed by atoms with Crippen LogP contribution in [0.5, 0.6) is 0 Å². The molecule has 5 aromatic heterocycles. The van der Waals surface area contributed by atoms with Crippen molar-refractivity contribution in [3.63, 3.8) is 0 Å². The Morgan fingerprint density at radius 3 is 1.05 bits per heavy atom. The SMILES string of the molecule is C.CCI.Cc1cccc(C)[n+]1[O-].Cc1cccc(C)n1.Cc1cccc(C)n1.Cc1cccc(CO)n1.Cc1cccc(N)n1.[CH3-].[CH3-].[I][V]([I])[I].[I][V][I]. The van der Waals surface area contributed by atoms with Gasteiger partial charge in [-0.1, -0.05) is 61.2 Å². The van der Waals surface area contributed by atoms with Gasteiger partial charge in [0.25, 0.3) is 0 Å². The fraction of sp³-hybridized carbons (Fsp3) is 0.308. The number of rotatable bonds is 1. The van der Waals surface area contributed by atoms with Crippen molar-refractivity contribution in [1.29, 1.82) is 0 Å². The Labute approximate surface area is 414 Å². The normalized spacial score (nSPS) is 8.38. The number of aliphatic hydroxyl groups excluding tert-OH is 1. The monoisotopic (exact) mass is 1510 g/mol. The van der Waals surface area contributed by atoms with Gasteiger partial charge in [-0.05, 0) is 101 Å². The van der Waals surface area contributed by atoms with Crippen LogP contribution in [0.15, 0.2) is 91.0 Å². The van der Waals surface area contributed by atoms with E-state index in [9.17, 15) is 5.21 Å². The number of aliphatic hydroxyl groups is 1. The van der Waals surface area contributed by atoms with Crippen LogP contribution >= 0.6 is 122 Å². The second-order valence-corrected chi connectivity index (χ2v) is 58.8. The molecule has 16 heteroatoms. The molecule has 0 spiro atoms. The van der Waals surface area contributed by atoms with E-state index in [0.717, 1.165) is 56.0 Å². The molecule has 0 aliphatic heterocycles. The number of anilines is 1. The number of alkyl halides is 1. The summed E-state index contributed by atoms with van der Waals surface area (Å²) in [6, 6.07) is 28.6. The Hall–Kier alpha value is 0.859. The van der Waals surface area contributed by atoms with E-state index in [4.69, 9.17) is 10.8 Å². The summed E-state index contributed by atoms with van der Waals surface area (Å²) in [5, 5.41) is 19.5. The van der Waals surface area contributed by atoms with Crippen LogP contribution in [0.2, 0.25) is 0 Å². The van der Waals surface area contributed by atoms with Gasteiger partial charge in [0.1, 0.15) is 5.82 Å². The summed E-state index contributed by atoms with van der Waals surface area (Å²) in [5.74, 6) is 0.588. The Bertz CT molecular complexity index is 1430. The van der Waals surface area contributed by atoms with Gasteiger partial charge in [0.05, 0.1) is 12.3 Å². The van der Waals surface area contributed by atoms with Gasteiger partial charge in [-0.3, -0.25) is 15.0 Å². The number of aryl methyl sites for hydroxylation is 8. The molecule has 311 valence electrons. The standard InChI is InChI=1S/2C7H9NO.2C7H9N.C6H8N2.C2H5I.CH4.2CH3.5HI.2V/c1-6-4-3-5-7(2)8(6)9;1-6-3-2-4-7(5-9)8-6;2*1-6-4-3-5-7(2)8-6;1-5-3-2-4-6(7)8-5;1-2-3;;;;;;;;;;/h3-5H,1-2H3;2-4,9H,5H2,1H3;2*3-5H,1-2H3;2-4H,1H3,(H2,7,8);2H2,1H3;1H4;2*1H3;5*1H;;/q;;;;;;;2*-1;;;;;;+2;+3/p-5. The zero-order chi connectivity index (χ0) is 40.5. The number of aromatic nitrogens is 5. The molecule has 0 unspecified atom stereocenters. The molecule has 0 aliphatic rings. The quantitative estimate of drug-likeness (QED) is 0.0563. The van der Waals surface area contributed by atoms with Gasteiger partial charge < -0.3 is 30.9 Å². The summed E-state index contributed by atoms with van der Waals surface area (Å²) < 4.78 is 2.14. The fourth-order valence-corrected chi connectivity index (χ4v) is 3.35. The number of pyridine rings is 5. The van der Waals surface area contributed by atoms with Crippen LogP contribution in [0.1, 0.15) is 65.6 Å². The minimum absolute atomic E-state index is 0. The zero-order valence-electron chi connectivity index (χ0n) is 32.9. The first-order valence-electron chi connectivity index (χ1n) is 15.4. The van der Waals surface area contributed by atoms with Crippen LogP contribution in [0.25, 0.3) is 0 Å². The summed E-state index contributed by atoms with van der Waals surface area (Å²) >= 11 is 14.4. The molecule has 5 heterocycles. The van der Waals surface area contributed by atoms with Gasteiger partial charge >= 0.3 is 114 Å². The summed E-state index contributed by atoms with van der Waals surface area (Å²) in [6.45, 7) is 17.5. The van der Waals surface area contributed by atoms with Crippen molar-refractivity contribution in [2.45, 2.75) is 76.3 Å². The molecular weight excluding hydrogens is 1450 g/mol. The van der Waals surface area contributed by atoms with Crippen LogP contribution in [0.4, 0.5) is 5.82 Å². The average Bonchev–Trinajstić information content (AvgIpc) is 3.05. The molecule has 3 N–H and O–H groups in total. The first-order valence-corrected chi connectivity index (χ1v) is 39.5. The molecule has 8 nitrogen and oxygen atoms in total. The van der Waals surface area contributed by atoms with Crippen LogP contribution in [-0.2, 0) is 21.0 Å². The number of hydrogen-bond acceptors (Lipinski definition) is 7. The van der Waals surface area contributed by atoms with Crippen molar-refractivity contribution in [2.24, 2.45) is 0 Å². The molecule has 5 aromatic rings. The predicted octanol–water partition coefficient (Wildman–Crippen LogP) is 13.6. The van der Waals surface area contributed by atoms with Crippen LogP contribution in [-0.4, -0.2) is 29.5 Å². The Balaban J connectivity index is -0.000000127. The maximum atomic E-state index is 10.9. The number of nitrogens with zero attached hydrogens (tertiary/aromatic N) is 5. The predicted molar refractivity (Wildman–Crippen MR) is 285 cm³/mol. The Morgan fingerprint density at radius 1 is 0.618 bits per heavy atom. The van der Waals surface area contributed by atoms with Crippen LogP contribution in [0, 0.1) is 75.5 Å². The third kappa shape index (κ3) is 47.4. The van der Waals surface area contributed by atoms with E-state index in [1.54, 1.807) is 38.1 Å². The molecule has 0 radical (unpaired) electrons. The molecule has 55 heavy (non-hydrogen) atoms. The molecule has 5 rings (SSSR count). The zero-order valence-corrected chi connectivity index (χ0v) is 48.6. The van der Waals surface area contributed by atoms with Gasteiger partial charge in [-0.2, -0.15) is 4.73 Å². The Kier molecular flexibility index (Phi) is 56.5. The third-order valence-corrected chi connectivity index (χ3v) is 5.39. The molecule has 0 aliphatic carbocycles. The van der Waals surface area contributed by atoms with Crippen molar-refractivity contribution in [3.05, 3.63) is 162 Å². The molecule has 0 saturated heterocycles. The van der Waals surface area contributed by atoms with Gasteiger partial charge in [-0.25, -0.2) is 4.98 Å². The number of halogens is 6. The Morgan fingerprint density at radius 2 is 0.873 bits per heavy atom. The van der Waals surface area contributed by atoms with E-state index >= 15 is 0 Å². The van der Waals surface area contributed by atoms with Crippen molar-refractivity contribution in [1.82, 2.24) is 19.9 Å². The third-order valence-electron chi connectivity index (χ3n) is 5.39. The first kappa shape index (κ1) is 67.6. The van der Waals surface area contributed by atoms with Crippen molar-refractivity contribution in [2.75, 3.05) is 10.2 Å². The van der Waals surface area contributed by atoms with Crippen molar-refractivity contribution >= 4 is 128 Å². The average molecular weight is 1510 g/mol.